The molecule has 0 amide bonds. The zero-order chi connectivity index (χ0) is 13.7. The molecule has 0 aliphatic heterocycles. The molecular formula is C13H20N4O2. The van der Waals surface area contributed by atoms with E-state index in [-0.39, 0.29) is 12.4 Å². The number of nitrogens with two attached hydrogens (primary N) is 1. The van der Waals surface area contributed by atoms with Crippen molar-refractivity contribution in [2.24, 2.45) is 10.9 Å². The normalized spacial score (nSPS) is 16.6. The van der Waals surface area contributed by atoms with E-state index < -0.39 is 0 Å². The quantitative estimate of drug-likeness (QED) is 0.301. The van der Waals surface area contributed by atoms with Gasteiger partial charge in [0.25, 0.3) is 0 Å². The van der Waals surface area contributed by atoms with Crippen LogP contribution >= 0.6 is 0 Å². The number of aliphatic hydroxyl groups excluding tert-OH is 1. The maximum Gasteiger partial charge on any atom is 0.188 e. The van der Waals surface area contributed by atoms with Gasteiger partial charge in [-0.25, -0.2) is 0 Å². The summed E-state index contributed by atoms with van der Waals surface area (Å²) in [4.78, 5) is 6.33. The fraction of sp³-hybridized carbons (Fsp3) is 0.538. The highest BCUT2D eigenvalue weighted by Crippen LogP contribution is 2.25. The molecule has 1 aliphatic rings. The first-order chi connectivity index (χ1) is 9.24. The predicted molar refractivity (Wildman–Crippen MR) is 71.9 cm³/mol. The van der Waals surface area contributed by atoms with Gasteiger partial charge in [0.2, 0.25) is 0 Å². The van der Waals surface area contributed by atoms with E-state index in [1.165, 1.54) is 19.3 Å². The molecule has 6 nitrogen and oxygen atoms in total. The molecule has 104 valence electrons. The number of hydrogen-bond acceptors (Lipinski definition) is 5. The van der Waals surface area contributed by atoms with Gasteiger partial charge in [0.05, 0.1) is 6.61 Å². The summed E-state index contributed by atoms with van der Waals surface area (Å²) in [5.74, 6) is 0.0132. The third kappa shape index (κ3) is 3.42. The lowest BCUT2D eigenvalue weighted by Crippen LogP contribution is -2.41. The standard InChI is InChI=1S/C13H20N4O2/c14-13(16-19)12-8-10(4-5-15-12)9-17(6-7-18)11-2-1-3-11/h4-5,8,11,18-19H,1-3,6-7,9H2,(H2,14,16). The number of aliphatic hydroxyl groups is 1. The lowest BCUT2D eigenvalue weighted by atomic mass is 9.91. The van der Waals surface area contributed by atoms with Crippen LogP contribution in [0.15, 0.2) is 23.5 Å². The molecule has 0 aromatic carbocycles. The Morgan fingerprint density at radius 3 is 2.89 bits per heavy atom. The number of oxime groups is 1. The minimum absolute atomic E-state index is 0.0132. The van der Waals surface area contributed by atoms with Gasteiger partial charge >= 0.3 is 0 Å². The number of aromatic nitrogens is 1. The third-order valence-electron chi connectivity index (χ3n) is 3.56. The van der Waals surface area contributed by atoms with Crippen LogP contribution in [0.25, 0.3) is 0 Å². The molecule has 1 fully saturated rings. The SMILES string of the molecule is N/C(=N/O)c1cc(CN(CCO)C2CCC2)ccn1. The van der Waals surface area contributed by atoms with Gasteiger partial charge < -0.3 is 16.0 Å². The Bertz CT molecular complexity index is 446. The van der Waals surface area contributed by atoms with Gasteiger partial charge in [-0.15, -0.1) is 0 Å². The lowest BCUT2D eigenvalue weighted by molar-refractivity contribution is 0.0945. The second-order valence-electron chi connectivity index (χ2n) is 4.81. The van der Waals surface area contributed by atoms with E-state index in [1.807, 2.05) is 12.1 Å². The second-order valence-corrected chi connectivity index (χ2v) is 4.81. The highest BCUT2D eigenvalue weighted by Gasteiger charge is 2.24. The Labute approximate surface area is 112 Å². The van der Waals surface area contributed by atoms with E-state index in [2.05, 4.69) is 15.0 Å². The van der Waals surface area contributed by atoms with Gasteiger partial charge in [-0.1, -0.05) is 11.6 Å². The number of hydrogen-bond donors (Lipinski definition) is 3. The fourth-order valence-corrected chi connectivity index (χ4v) is 2.27. The van der Waals surface area contributed by atoms with Crippen LogP contribution in [0.4, 0.5) is 0 Å². The minimum Gasteiger partial charge on any atom is -0.409 e. The summed E-state index contributed by atoms with van der Waals surface area (Å²) in [5, 5.41) is 20.8. The molecule has 0 saturated heterocycles. The second kappa shape index (κ2) is 6.49. The molecule has 0 atom stereocenters. The molecule has 0 bridgehead atoms. The van der Waals surface area contributed by atoms with Crippen molar-refractivity contribution in [3.8, 4) is 0 Å². The Kier molecular flexibility index (Phi) is 4.70. The molecule has 1 aromatic heterocycles. The van der Waals surface area contributed by atoms with Crippen LogP contribution in [0.1, 0.15) is 30.5 Å². The van der Waals surface area contributed by atoms with Gasteiger partial charge in [-0.3, -0.25) is 9.88 Å². The molecule has 0 radical (unpaired) electrons. The Morgan fingerprint density at radius 2 is 2.32 bits per heavy atom. The maximum atomic E-state index is 9.14. The van der Waals surface area contributed by atoms with Crippen LogP contribution in [0.5, 0.6) is 0 Å². The number of amidine groups is 1. The Balaban J connectivity index is 2.07. The first kappa shape index (κ1) is 13.8. The number of pyridine rings is 1. The molecule has 19 heavy (non-hydrogen) atoms. The molecular weight excluding hydrogens is 244 g/mol. The summed E-state index contributed by atoms with van der Waals surface area (Å²) in [6.07, 6.45) is 5.30. The van der Waals surface area contributed by atoms with Crippen molar-refractivity contribution in [2.75, 3.05) is 13.2 Å². The average molecular weight is 264 g/mol. The highest BCUT2D eigenvalue weighted by atomic mass is 16.4. The van der Waals surface area contributed by atoms with Crippen molar-refractivity contribution >= 4 is 5.84 Å². The van der Waals surface area contributed by atoms with Gasteiger partial charge in [-0.2, -0.15) is 0 Å². The summed E-state index contributed by atoms with van der Waals surface area (Å²) in [6.45, 7) is 1.58. The molecule has 2 rings (SSSR count). The van der Waals surface area contributed by atoms with Crippen molar-refractivity contribution in [3.63, 3.8) is 0 Å². The highest BCUT2D eigenvalue weighted by molar-refractivity contribution is 5.95. The minimum atomic E-state index is 0.0132. The van der Waals surface area contributed by atoms with Crippen LogP contribution in [0.3, 0.4) is 0 Å². The van der Waals surface area contributed by atoms with Crippen LogP contribution in [-0.4, -0.2) is 45.2 Å². The van der Waals surface area contributed by atoms with Crippen molar-refractivity contribution < 1.29 is 10.3 Å². The predicted octanol–water partition coefficient (Wildman–Crippen LogP) is 0.523. The maximum absolute atomic E-state index is 9.14. The van der Waals surface area contributed by atoms with Crippen LogP contribution in [-0.2, 0) is 6.54 Å². The van der Waals surface area contributed by atoms with Crippen molar-refractivity contribution in [2.45, 2.75) is 31.8 Å². The zero-order valence-corrected chi connectivity index (χ0v) is 10.9. The lowest BCUT2D eigenvalue weighted by Gasteiger charge is -2.37. The van der Waals surface area contributed by atoms with Crippen LogP contribution < -0.4 is 5.73 Å². The van der Waals surface area contributed by atoms with Crippen molar-refractivity contribution in [1.82, 2.24) is 9.88 Å². The summed E-state index contributed by atoms with van der Waals surface area (Å²) >= 11 is 0. The molecule has 6 heteroatoms. The summed E-state index contributed by atoms with van der Waals surface area (Å²) in [5.41, 5.74) is 7.06. The van der Waals surface area contributed by atoms with Crippen LogP contribution in [0, 0.1) is 0 Å². The fourth-order valence-electron chi connectivity index (χ4n) is 2.27. The molecule has 1 aromatic rings. The first-order valence-corrected chi connectivity index (χ1v) is 6.52. The van der Waals surface area contributed by atoms with E-state index >= 15 is 0 Å². The number of rotatable bonds is 6. The van der Waals surface area contributed by atoms with E-state index in [0.29, 0.717) is 18.3 Å². The zero-order valence-electron chi connectivity index (χ0n) is 10.9. The molecule has 4 N–H and O–H groups in total. The van der Waals surface area contributed by atoms with Crippen molar-refractivity contribution in [3.05, 3.63) is 29.6 Å². The molecule has 0 unspecified atom stereocenters. The van der Waals surface area contributed by atoms with E-state index in [1.54, 1.807) is 6.20 Å². The largest absolute Gasteiger partial charge is 0.409 e. The van der Waals surface area contributed by atoms with Gasteiger partial charge in [0, 0.05) is 25.3 Å². The first-order valence-electron chi connectivity index (χ1n) is 6.52. The van der Waals surface area contributed by atoms with E-state index in [0.717, 1.165) is 12.1 Å². The topological polar surface area (TPSA) is 95.0 Å². The van der Waals surface area contributed by atoms with E-state index in [9.17, 15) is 0 Å². The average Bonchev–Trinajstić information content (AvgIpc) is 2.36. The summed E-state index contributed by atoms with van der Waals surface area (Å²) < 4.78 is 0. The van der Waals surface area contributed by atoms with Gasteiger partial charge in [0.1, 0.15) is 5.69 Å². The Hall–Kier alpha value is -1.66. The van der Waals surface area contributed by atoms with E-state index in [4.69, 9.17) is 16.0 Å². The molecule has 1 heterocycles. The summed E-state index contributed by atoms with van der Waals surface area (Å²) in [7, 11) is 0. The van der Waals surface area contributed by atoms with Gasteiger partial charge in [-0.05, 0) is 30.5 Å². The smallest absolute Gasteiger partial charge is 0.188 e. The number of nitrogens with zero attached hydrogens (tertiary/aromatic N) is 3. The summed E-state index contributed by atoms with van der Waals surface area (Å²) in [6, 6.07) is 4.29. The molecule has 1 saturated carbocycles. The third-order valence-corrected chi connectivity index (χ3v) is 3.56. The monoisotopic (exact) mass is 264 g/mol. The molecule has 1 aliphatic carbocycles. The molecule has 0 spiro atoms. The Morgan fingerprint density at radius 1 is 1.53 bits per heavy atom. The van der Waals surface area contributed by atoms with Gasteiger partial charge in [0.15, 0.2) is 5.84 Å². The van der Waals surface area contributed by atoms with Crippen LogP contribution in [0.2, 0.25) is 0 Å². The van der Waals surface area contributed by atoms with Crippen molar-refractivity contribution in [1.29, 1.82) is 0 Å².